The van der Waals surface area contributed by atoms with Crippen molar-refractivity contribution in [2.24, 2.45) is 5.92 Å². The van der Waals surface area contributed by atoms with Crippen LogP contribution in [0.1, 0.15) is 55.2 Å². The quantitative estimate of drug-likeness (QED) is 0.837. The highest BCUT2D eigenvalue weighted by Gasteiger charge is 2.30. The molecule has 3 aliphatic rings. The van der Waals surface area contributed by atoms with Gasteiger partial charge < -0.3 is 9.80 Å². The summed E-state index contributed by atoms with van der Waals surface area (Å²) in [7, 11) is 0. The number of amides is 2. The van der Waals surface area contributed by atoms with E-state index in [-0.39, 0.29) is 11.8 Å². The summed E-state index contributed by atoms with van der Waals surface area (Å²) < 4.78 is 0. The van der Waals surface area contributed by atoms with E-state index in [1.54, 1.807) is 0 Å². The van der Waals surface area contributed by atoms with Crippen LogP contribution < -0.4 is 0 Å². The molecule has 26 heavy (non-hydrogen) atoms. The van der Waals surface area contributed by atoms with Gasteiger partial charge in [0.25, 0.3) is 0 Å². The predicted molar refractivity (Wildman–Crippen MR) is 102 cm³/mol. The van der Waals surface area contributed by atoms with Crippen LogP contribution in [-0.4, -0.2) is 47.8 Å². The Morgan fingerprint density at radius 3 is 2.35 bits per heavy atom. The molecule has 0 bridgehead atoms. The average molecular weight is 354 g/mol. The second-order valence-electron chi connectivity index (χ2n) is 8.17. The van der Waals surface area contributed by atoms with E-state index in [2.05, 4.69) is 18.2 Å². The molecule has 1 aromatic carbocycles. The van der Waals surface area contributed by atoms with Crippen molar-refractivity contribution in [1.82, 2.24) is 9.80 Å². The summed E-state index contributed by atoms with van der Waals surface area (Å²) in [4.78, 5) is 29.2. The molecular formula is C22H30N2O2. The molecule has 0 spiro atoms. The lowest BCUT2D eigenvalue weighted by Gasteiger charge is -2.31. The molecule has 2 aliphatic carbocycles. The van der Waals surface area contributed by atoms with E-state index in [0.29, 0.717) is 25.4 Å². The first-order valence-electron chi connectivity index (χ1n) is 10.4. The molecule has 2 fully saturated rings. The van der Waals surface area contributed by atoms with Gasteiger partial charge in [0.1, 0.15) is 0 Å². The lowest BCUT2D eigenvalue weighted by molar-refractivity contribution is -0.138. The van der Waals surface area contributed by atoms with E-state index >= 15 is 0 Å². The Balaban J connectivity index is 1.34. The summed E-state index contributed by atoms with van der Waals surface area (Å²) in [5, 5.41) is 0. The van der Waals surface area contributed by atoms with E-state index < -0.39 is 0 Å². The zero-order valence-corrected chi connectivity index (χ0v) is 15.7. The van der Waals surface area contributed by atoms with Crippen LogP contribution in [0.15, 0.2) is 18.2 Å². The first kappa shape index (κ1) is 17.6. The number of carbonyl (C=O) groups is 2. The van der Waals surface area contributed by atoms with Crippen LogP contribution in [0.2, 0.25) is 0 Å². The van der Waals surface area contributed by atoms with Crippen molar-refractivity contribution in [1.29, 1.82) is 0 Å². The van der Waals surface area contributed by atoms with Crippen LogP contribution >= 0.6 is 0 Å². The Morgan fingerprint density at radius 1 is 0.846 bits per heavy atom. The molecule has 1 saturated heterocycles. The lowest BCUT2D eigenvalue weighted by Crippen LogP contribution is -2.41. The molecule has 0 N–H and O–H groups in total. The van der Waals surface area contributed by atoms with E-state index in [1.807, 2.05) is 9.80 Å². The van der Waals surface area contributed by atoms with Crippen LogP contribution in [0, 0.1) is 5.92 Å². The maximum Gasteiger partial charge on any atom is 0.227 e. The van der Waals surface area contributed by atoms with E-state index in [9.17, 15) is 9.59 Å². The SMILES string of the molecule is O=C(Cc1ccc2c(c1)CCCC2)N1CCCN(C(=O)C2CCC2)CC1. The predicted octanol–water partition coefficient (Wildman–Crippen LogP) is 2.97. The minimum Gasteiger partial charge on any atom is -0.341 e. The molecule has 0 radical (unpaired) electrons. The molecule has 4 heteroatoms. The van der Waals surface area contributed by atoms with Gasteiger partial charge in [-0.25, -0.2) is 0 Å². The molecule has 0 unspecified atom stereocenters. The standard InChI is InChI=1S/C22H30N2O2/c25-21(16-17-9-10-18-5-1-2-6-20(18)15-17)23-11-4-12-24(14-13-23)22(26)19-7-3-8-19/h9-10,15,19H,1-8,11-14,16H2. The molecular weight excluding hydrogens is 324 g/mol. The highest BCUT2D eigenvalue weighted by atomic mass is 16.2. The largest absolute Gasteiger partial charge is 0.341 e. The van der Waals surface area contributed by atoms with Crippen molar-refractivity contribution in [2.75, 3.05) is 26.2 Å². The normalized spacial score (nSPS) is 20.9. The molecule has 2 amide bonds. The number of benzene rings is 1. The van der Waals surface area contributed by atoms with Crippen molar-refractivity contribution < 1.29 is 9.59 Å². The Morgan fingerprint density at radius 2 is 1.58 bits per heavy atom. The molecule has 1 saturated carbocycles. The van der Waals surface area contributed by atoms with Crippen molar-refractivity contribution in [2.45, 2.75) is 57.8 Å². The number of hydrogen-bond donors (Lipinski definition) is 0. The fourth-order valence-corrected chi connectivity index (χ4v) is 4.48. The van der Waals surface area contributed by atoms with Crippen LogP contribution in [0.5, 0.6) is 0 Å². The van der Waals surface area contributed by atoms with Gasteiger partial charge in [-0.3, -0.25) is 9.59 Å². The number of nitrogens with zero attached hydrogens (tertiary/aromatic N) is 2. The lowest BCUT2D eigenvalue weighted by atomic mass is 9.84. The number of carbonyl (C=O) groups excluding carboxylic acids is 2. The van der Waals surface area contributed by atoms with Crippen molar-refractivity contribution in [3.63, 3.8) is 0 Å². The van der Waals surface area contributed by atoms with Crippen LogP contribution in [0.3, 0.4) is 0 Å². The molecule has 4 nitrogen and oxygen atoms in total. The van der Waals surface area contributed by atoms with E-state index in [1.165, 1.54) is 36.8 Å². The maximum atomic E-state index is 12.8. The van der Waals surface area contributed by atoms with Gasteiger partial charge in [-0.05, 0) is 61.6 Å². The summed E-state index contributed by atoms with van der Waals surface area (Å²) >= 11 is 0. The van der Waals surface area contributed by atoms with Gasteiger partial charge in [-0.1, -0.05) is 24.6 Å². The number of fused-ring (bicyclic) bond motifs is 1. The molecule has 0 atom stereocenters. The molecule has 4 rings (SSSR count). The van der Waals surface area contributed by atoms with Crippen molar-refractivity contribution in [3.05, 3.63) is 34.9 Å². The fourth-order valence-electron chi connectivity index (χ4n) is 4.48. The topological polar surface area (TPSA) is 40.6 Å². The second kappa shape index (κ2) is 7.81. The molecule has 140 valence electrons. The average Bonchev–Trinajstić information content (AvgIpc) is 2.86. The minimum absolute atomic E-state index is 0.207. The van der Waals surface area contributed by atoms with Gasteiger partial charge in [0.05, 0.1) is 6.42 Å². The number of aryl methyl sites for hydroxylation is 2. The summed E-state index contributed by atoms with van der Waals surface area (Å²) in [6, 6.07) is 6.60. The zero-order chi connectivity index (χ0) is 17.9. The first-order chi connectivity index (χ1) is 12.7. The zero-order valence-electron chi connectivity index (χ0n) is 15.7. The fraction of sp³-hybridized carbons (Fsp3) is 0.636. The highest BCUT2D eigenvalue weighted by Crippen LogP contribution is 2.28. The van der Waals surface area contributed by atoms with E-state index in [0.717, 1.165) is 44.3 Å². The molecule has 1 heterocycles. The third-order valence-electron chi connectivity index (χ3n) is 6.38. The van der Waals surface area contributed by atoms with E-state index in [4.69, 9.17) is 0 Å². The van der Waals surface area contributed by atoms with Gasteiger partial charge >= 0.3 is 0 Å². The van der Waals surface area contributed by atoms with Crippen LogP contribution in [-0.2, 0) is 28.9 Å². The van der Waals surface area contributed by atoms with Crippen molar-refractivity contribution >= 4 is 11.8 Å². The number of rotatable bonds is 3. The Hall–Kier alpha value is -1.84. The Labute approximate surface area is 156 Å². The summed E-state index contributed by atoms with van der Waals surface area (Å²) in [5.41, 5.74) is 4.05. The van der Waals surface area contributed by atoms with Gasteiger partial charge in [-0.15, -0.1) is 0 Å². The minimum atomic E-state index is 0.207. The smallest absolute Gasteiger partial charge is 0.227 e. The number of hydrogen-bond acceptors (Lipinski definition) is 2. The van der Waals surface area contributed by atoms with Crippen molar-refractivity contribution in [3.8, 4) is 0 Å². The monoisotopic (exact) mass is 354 g/mol. The summed E-state index contributed by atoms with van der Waals surface area (Å²) in [5.74, 6) is 0.784. The maximum absolute atomic E-state index is 12.8. The first-order valence-corrected chi connectivity index (χ1v) is 10.4. The second-order valence-corrected chi connectivity index (χ2v) is 8.17. The van der Waals surface area contributed by atoms with Gasteiger partial charge in [0.2, 0.25) is 11.8 Å². The molecule has 1 aliphatic heterocycles. The van der Waals surface area contributed by atoms with Gasteiger partial charge in [0, 0.05) is 32.1 Å². The Kier molecular flexibility index (Phi) is 5.28. The van der Waals surface area contributed by atoms with Gasteiger partial charge in [0.15, 0.2) is 0 Å². The highest BCUT2D eigenvalue weighted by molar-refractivity contribution is 5.81. The van der Waals surface area contributed by atoms with Gasteiger partial charge in [-0.2, -0.15) is 0 Å². The molecule has 1 aromatic rings. The van der Waals surface area contributed by atoms with Crippen LogP contribution in [0.25, 0.3) is 0 Å². The Bertz CT molecular complexity index is 681. The molecule has 0 aromatic heterocycles. The summed E-state index contributed by atoms with van der Waals surface area (Å²) in [6.07, 6.45) is 9.57. The third kappa shape index (κ3) is 3.79. The third-order valence-corrected chi connectivity index (χ3v) is 6.38. The van der Waals surface area contributed by atoms with Crippen LogP contribution in [0.4, 0.5) is 0 Å². The summed E-state index contributed by atoms with van der Waals surface area (Å²) in [6.45, 7) is 2.96.